The lowest BCUT2D eigenvalue weighted by molar-refractivity contribution is -0.120. The summed E-state index contributed by atoms with van der Waals surface area (Å²) in [6.45, 7) is 0.0414. The van der Waals surface area contributed by atoms with E-state index in [1.807, 2.05) is 18.2 Å². The van der Waals surface area contributed by atoms with E-state index in [0.717, 1.165) is 24.0 Å². The summed E-state index contributed by atoms with van der Waals surface area (Å²) in [6.07, 6.45) is 1.82. The number of nitrogens with one attached hydrogen (secondary N) is 3. The van der Waals surface area contributed by atoms with Gasteiger partial charge in [0.1, 0.15) is 11.6 Å². The molecule has 0 aliphatic heterocycles. The predicted molar refractivity (Wildman–Crippen MR) is 142 cm³/mol. The summed E-state index contributed by atoms with van der Waals surface area (Å²) in [4.78, 5) is 25.2. The smallest absolute Gasteiger partial charge is 0.320 e. The fourth-order valence-electron chi connectivity index (χ4n) is 4.73. The van der Waals surface area contributed by atoms with Crippen molar-refractivity contribution in [3.8, 4) is 16.9 Å². The first-order valence-electron chi connectivity index (χ1n) is 12.5. The number of rotatable bonds is 8. The van der Waals surface area contributed by atoms with Gasteiger partial charge >= 0.3 is 6.03 Å². The van der Waals surface area contributed by atoms with E-state index in [1.54, 1.807) is 48.5 Å². The van der Waals surface area contributed by atoms with E-state index in [2.05, 4.69) is 27.1 Å². The normalized spacial score (nSPS) is 14.1. The fraction of sp³-hybridized carbons (Fsp3) is 0.207. The van der Waals surface area contributed by atoms with Gasteiger partial charge in [-0.2, -0.15) is 5.10 Å². The molecule has 9 heteroatoms. The van der Waals surface area contributed by atoms with Crippen LogP contribution in [0, 0.1) is 5.82 Å². The molecule has 3 aromatic carbocycles. The molecule has 4 aromatic rings. The number of aromatic nitrogens is 2. The number of carbonyl (C=O) groups excluding carboxylic acids is 2. The molecule has 3 amide bonds. The number of urea groups is 1. The molecule has 1 aliphatic rings. The molecule has 4 N–H and O–H groups in total. The number of fused-ring (bicyclic) bond motifs is 1. The monoisotopic (exact) mass is 513 g/mol. The highest BCUT2D eigenvalue weighted by molar-refractivity contribution is 5.90. The maximum Gasteiger partial charge on any atom is 0.320 e. The number of aliphatic hydroxyl groups excluding tert-OH is 1. The molecule has 1 heterocycles. The van der Waals surface area contributed by atoms with Crippen LogP contribution in [0.3, 0.4) is 0 Å². The number of hydrogen-bond acceptors (Lipinski definition) is 4. The van der Waals surface area contributed by atoms with E-state index in [9.17, 15) is 14.0 Å². The van der Waals surface area contributed by atoms with Gasteiger partial charge in [-0.1, -0.05) is 48.5 Å². The Kier molecular flexibility index (Phi) is 7.46. The molecule has 0 bridgehead atoms. The van der Waals surface area contributed by atoms with Crippen LogP contribution in [0.5, 0.6) is 0 Å². The number of anilines is 1. The molecule has 0 spiro atoms. The summed E-state index contributed by atoms with van der Waals surface area (Å²) >= 11 is 0. The lowest BCUT2D eigenvalue weighted by atomic mass is 10.1. The van der Waals surface area contributed by atoms with Crippen molar-refractivity contribution in [1.82, 2.24) is 20.4 Å². The van der Waals surface area contributed by atoms with Crippen molar-refractivity contribution in [3.63, 3.8) is 0 Å². The van der Waals surface area contributed by atoms with Gasteiger partial charge in [0.15, 0.2) is 0 Å². The van der Waals surface area contributed by atoms with E-state index in [0.29, 0.717) is 22.8 Å². The number of aryl methyl sites for hydroxylation is 1. The van der Waals surface area contributed by atoms with Crippen LogP contribution in [0.1, 0.15) is 29.2 Å². The van der Waals surface area contributed by atoms with Crippen molar-refractivity contribution in [2.75, 3.05) is 18.5 Å². The first kappa shape index (κ1) is 25.2. The Morgan fingerprint density at radius 1 is 1.03 bits per heavy atom. The van der Waals surface area contributed by atoms with Crippen LogP contribution in [0.2, 0.25) is 0 Å². The molecule has 1 aromatic heterocycles. The molecule has 0 unspecified atom stereocenters. The lowest BCUT2D eigenvalue weighted by Gasteiger charge is -2.15. The second kappa shape index (κ2) is 11.3. The summed E-state index contributed by atoms with van der Waals surface area (Å²) in [6, 6.07) is 22.7. The fourth-order valence-corrected chi connectivity index (χ4v) is 4.73. The SMILES string of the molecule is O=C(Cc1cccc(-n2nc(-c3ccccc3F)cc2NC(=O)N[C@H]2CCc3ccccc32)c1)NCCO. The third-order valence-corrected chi connectivity index (χ3v) is 6.49. The van der Waals surface area contributed by atoms with Crippen LogP contribution >= 0.6 is 0 Å². The Labute approximate surface area is 219 Å². The van der Waals surface area contributed by atoms with Crippen LogP contribution in [-0.4, -0.2) is 40.0 Å². The Morgan fingerprint density at radius 2 is 1.84 bits per heavy atom. The number of amides is 3. The van der Waals surface area contributed by atoms with Crippen LogP contribution in [0.25, 0.3) is 16.9 Å². The summed E-state index contributed by atoms with van der Waals surface area (Å²) in [5, 5.41) is 22.1. The van der Waals surface area contributed by atoms with Crippen LogP contribution < -0.4 is 16.0 Å². The molecule has 194 valence electrons. The predicted octanol–water partition coefficient (Wildman–Crippen LogP) is 4.14. The molecule has 1 aliphatic carbocycles. The average molecular weight is 514 g/mol. The summed E-state index contributed by atoms with van der Waals surface area (Å²) in [5.74, 6) is -0.294. The van der Waals surface area contributed by atoms with Crippen molar-refractivity contribution in [2.24, 2.45) is 0 Å². The largest absolute Gasteiger partial charge is 0.395 e. The molecule has 0 radical (unpaired) electrons. The molecular weight excluding hydrogens is 485 g/mol. The first-order valence-corrected chi connectivity index (χ1v) is 12.5. The van der Waals surface area contributed by atoms with E-state index in [4.69, 9.17) is 5.11 Å². The van der Waals surface area contributed by atoms with E-state index in [1.165, 1.54) is 16.3 Å². The Bertz CT molecular complexity index is 1470. The highest BCUT2D eigenvalue weighted by Gasteiger charge is 2.24. The van der Waals surface area contributed by atoms with E-state index >= 15 is 0 Å². The standard InChI is InChI=1S/C29H28FN5O3/c30-24-11-4-3-10-23(24)26-18-27(33-29(38)32-25-13-12-20-7-1-2-9-22(20)25)35(34-26)21-8-5-6-19(16-21)17-28(37)31-14-15-36/h1-11,16,18,25,36H,12-15,17H2,(H,31,37)(H2,32,33,38)/t25-/m0/s1. The minimum absolute atomic E-state index is 0.102. The van der Waals surface area contributed by atoms with Crippen LogP contribution in [0.4, 0.5) is 15.0 Å². The van der Waals surface area contributed by atoms with Gasteiger partial charge < -0.3 is 15.7 Å². The second-order valence-corrected chi connectivity index (χ2v) is 9.12. The number of hydrogen-bond donors (Lipinski definition) is 4. The summed E-state index contributed by atoms with van der Waals surface area (Å²) in [7, 11) is 0. The zero-order valence-electron chi connectivity index (χ0n) is 20.7. The van der Waals surface area contributed by atoms with E-state index < -0.39 is 11.8 Å². The minimum Gasteiger partial charge on any atom is -0.395 e. The van der Waals surface area contributed by atoms with Crippen LogP contribution in [-0.2, 0) is 17.6 Å². The Morgan fingerprint density at radius 3 is 2.68 bits per heavy atom. The molecule has 1 atom stereocenters. The van der Waals surface area contributed by atoms with Gasteiger partial charge in [-0.05, 0) is 53.8 Å². The summed E-state index contributed by atoms with van der Waals surface area (Å²) < 4.78 is 16.1. The molecule has 5 rings (SSSR count). The highest BCUT2D eigenvalue weighted by Crippen LogP contribution is 2.31. The van der Waals surface area contributed by atoms with Crippen molar-refractivity contribution in [1.29, 1.82) is 0 Å². The van der Waals surface area contributed by atoms with Gasteiger partial charge in [0.2, 0.25) is 5.91 Å². The van der Waals surface area contributed by atoms with Crippen LogP contribution in [0.15, 0.2) is 78.9 Å². The molecular formula is C29H28FN5O3. The van der Waals surface area contributed by atoms with Crippen molar-refractivity contribution in [3.05, 3.63) is 101 Å². The highest BCUT2D eigenvalue weighted by atomic mass is 19.1. The molecule has 0 saturated carbocycles. The van der Waals surface area contributed by atoms with Gasteiger partial charge in [0.25, 0.3) is 0 Å². The number of nitrogens with zero attached hydrogens (tertiary/aromatic N) is 2. The van der Waals surface area contributed by atoms with Gasteiger partial charge in [0.05, 0.1) is 30.5 Å². The third kappa shape index (κ3) is 5.57. The Balaban J connectivity index is 1.43. The van der Waals surface area contributed by atoms with Crippen molar-refractivity contribution >= 4 is 17.8 Å². The molecule has 0 saturated heterocycles. The average Bonchev–Trinajstić information content (AvgIpc) is 3.52. The Hall–Kier alpha value is -4.50. The van der Waals surface area contributed by atoms with Crippen molar-refractivity contribution < 1.29 is 19.1 Å². The first-order chi connectivity index (χ1) is 18.5. The minimum atomic E-state index is -0.426. The van der Waals surface area contributed by atoms with Gasteiger partial charge in [-0.15, -0.1) is 0 Å². The van der Waals surface area contributed by atoms with Gasteiger partial charge in [-0.3, -0.25) is 10.1 Å². The molecule has 0 fully saturated rings. The number of halogens is 1. The maximum atomic E-state index is 14.6. The van der Waals surface area contributed by atoms with Gasteiger partial charge in [0, 0.05) is 18.2 Å². The summed E-state index contributed by atoms with van der Waals surface area (Å²) in [5.41, 5.74) is 4.31. The lowest BCUT2D eigenvalue weighted by Crippen LogP contribution is -2.32. The third-order valence-electron chi connectivity index (χ3n) is 6.49. The number of benzene rings is 3. The molecule has 38 heavy (non-hydrogen) atoms. The zero-order chi connectivity index (χ0) is 26.5. The maximum absolute atomic E-state index is 14.6. The number of carbonyl (C=O) groups is 2. The second-order valence-electron chi connectivity index (χ2n) is 9.12. The van der Waals surface area contributed by atoms with E-state index in [-0.39, 0.29) is 31.5 Å². The van der Waals surface area contributed by atoms with Crippen molar-refractivity contribution in [2.45, 2.75) is 25.3 Å². The molecule has 8 nitrogen and oxygen atoms in total. The topological polar surface area (TPSA) is 108 Å². The number of aliphatic hydroxyl groups is 1. The zero-order valence-corrected chi connectivity index (χ0v) is 20.7. The van der Waals surface area contributed by atoms with Gasteiger partial charge in [-0.25, -0.2) is 13.9 Å². The quantitative estimate of drug-likeness (QED) is 0.284.